The first-order valence-corrected chi connectivity index (χ1v) is 6.48. The first kappa shape index (κ1) is 14.6. The van der Waals surface area contributed by atoms with Gasteiger partial charge in [-0.2, -0.15) is 4.31 Å². The van der Waals surface area contributed by atoms with Crippen molar-refractivity contribution in [1.82, 2.24) is 9.29 Å². The molecule has 1 N–H and O–H groups in total. The summed E-state index contributed by atoms with van der Waals surface area (Å²) in [4.78, 5) is 14.3. The van der Waals surface area contributed by atoms with Crippen LogP contribution in [0.15, 0.2) is 23.4 Å². The SMILES string of the molecule is COCCN(C)S(=O)(=O)c1ccc(C(=O)O)cn1. The second-order valence-electron chi connectivity index (χ2n) is 3.51. The average Bonchev–Trinajstić information content (AvgIpc) is 2.35. The summed E-state index contributed by atoms with van der Waals surface area (Å²) in [7, 11) is -0.828. The van der Waals surface area contributed by atoms with Crippen molar-refractivity contribution >= 4 is 16.0 Å². The van der Waals surface area contributed by atoms with Gasteiger partial charge in [-0.25, -0.2) is 18.2 Å². The predicted molar refractivity (Wildman–Crippen MR) is 62.9 cm³/mol. The van der Waals surface area contributed by atoms with Crippen molar-refractivity contribution in [3.63, 3.8) is 0 Å². The Morgan fingerprint density at radius 3 is 2.61 bits per heavy atom. The molecule has 0 aliphatic rings. The Bertz CT molecular complexity index is 512. The summed E-state index contributed by atoms with van der Waals surface area (Å²) in [5.74, 6) is -1.15. The van der Waals surface area contributed by atoms with Gasteiger partial charge in [0.25, 0.3) is 10.0 Å². The van der Waals surface area contributed by atoms with Crippen molar-refractivity contribution in [2.75, 3.05) is 27.3 Å². The number of aromatic carboxylic acids is 1. The molecule has 0 aliphatic carbocycles. The fraction of sp³-hybridized carbons (Fsp3) is 0.400. The van der Waals surface area contributed by atoms with Gasteiger partial charge in [0.15, 0.2) is 5.03 Å². The van der Waals surface area contributed by atoms with Crippen LogP contribution in [0, 0.1) is 0 Å². The highest BCUT2D eigenvalue weighted by Gasteiger charge is 2.22. The Kier molecular flexibility index (Phi) is 4.76. The number of likely N-dealkylation sites (N-methyl/N-ethyl adjacent to an activating group) is 1. The van der Waals surface area contributed by atoms with E-state index in [0.29, 0.717) is 0 Å². The van der Waals surface area contributed by atoms with Crippen LogP contribution in [0.1, 0.15) is 10.4 Å². The molecule has 18 heavy (non-hydrogen) atoms. The van der Waals surface area contributed by atoms with Gasteiger partial charge in [0.2, 0.25) is 0 Å². The molecule has 0 fully saturated rings. The number of carboxylic acids is 1. The van der Waals surface area contributed by atoms with Gasteiger partial charge in [-0.15, -0.1) is 0 Å². The molecule has 0 aromatic carbocycles. The first-order chi connectivity index (χ1) is 8.39. The molecular formula is C10H14N2O5S. The molecule has 0 atom stereocenters. The molecule has 1 aromatic rings. The fourth-order valence-corrected chi connectivity index (χ4v) is 2.22. The molecule has 0 spiro atoms. The van der Waals surface area contributed by atoms with Crippen LogP contribution in [0.25, 0.3) is 0 Å². The van der Waals surface area contributed by atoms with Crippen molar-refractivity contribution in [2.45, 2.75) is 5.03 Å². The molecule has 1 rings (SSSR count). The number of carboxylic acid groups (broad SMARTS) is 1. The fourth-order valence-electron chi connectivity index (χ4n) is 1.16. The van der Waals surface area contributed by atoms with Crippen LogP contribution in [0.4, 0.5) is 0 Å². The lowest BCUT2D eigenvalue weighted by atomic mass is 10.3. The lowest BCUT2D eigenvalue weighted by molar-refractivity contribution is 0.0696. The second-order valence-corrected chi connectivity index (χ2v) is 5.50. The zero-order valence-corrected chi connectivity index (χ0v) is 10.8. The van der Waals surface area contributed by atoms with Gasteiger partial charge in [0.05, 0.1) is 12.2 Å². The molecule has 8 heteroatoms. The maximum absolute atomic E-state index is 12.0. The van der Waals surface area contributed by atoms with Crippen molar-refractivity contribution in [3.8, 4) is 0 Å². The van der Waals surface area contributed by atoms with E-state index in [2.05, 4.69) is 4.98 Å². The maximum atomic E-state index is 12.0. The summed E-state index contributed by atoms with van der Waals surface area (Å²) in [5, 5.41) is 8.50. The van der Waals surface area contributed by atoms with Gasteiger partial charge in [0, 0.05) is 26.9 Å². The van der Waals surface area contributed by atoms with Crippen LogP contribution in [0.3, 0.4) is 0 Å². The smallest absolute Gasteiger partial charge is 0.337 e. The highest BCUT2D eigenvalue weighted by molar-refractivity contribution is 7.89. The zero-order valence-electron chi connectivity index (χ0n) is 10.0. The van der Waals surface area contributed by atoms with E-state index in [1.807, 2.05) is 0 Å². The van der Waals surface area contributed by atoms with Gasteiger partial charge in [0.1, 0.15) is 0 Å². The molecular weight excluding hydrogens is 260 g/mol. The molecule has 0 radical (unpaired) electrons. The average molecular weight is 274 g/mol. The number of sulfonamides is 1. The van der Waals surface area contributed by atoms with E-state index < -0.39 is 16.0 Å². The van der Waals surface area contributed by atoms with Crippen LogP contribution in [0.2, 0.25) is 0 Å². The molecule has 100 valence electrons. The minimum absolute atomic E-state index is 0.0616. The van der Waals surface area contributed by atoms with Crippen LogP contribution in [-0.2, 0) is 14.8 Å². The number of hydrogen-bond donors (Lipinski definition) is 1. The summed E-state index contributed by atoms with van der Waals surface area (Å²) < 4.78 is 29.8. The first-order valence-electron chi connectivity index (χ1n) is 5.04. The quantitative estimate of drug-likeness (QED) is 0.787. The molecule has 1 aromatic heterocycles. The Balaban J connectivity index is 2.94. The van der Waals surface area contributed by atoms with E-state index in [4.69, 9.17) is 9.84 Å². The van der Waals surface area contributed by atoms with Crippen LogP contribution in [-0.4, -0.2) is 56.1 Å². The van der Waals surface area contributed by atoms with Crippen LogP contribution >= 0.6 is 0 Å². The van der Waals surface area contributed by atoms with Crippen LogP contribution < -0.4 is 0 Å². The van der Waals surface area contributed by atoms with E-state index in [1.54, 1.807) is 0 Å². The van der Waals surface area contributed by atoms with Gasteiger partial charge in [-0.3, -0.25) is 0 Å². The number of methoxy groups -OCH3 is 1. The molecule has 0 saturated carbocycles. The van der Waals surface area contributed by atoms with Crippen molar-refractivity contribution in [2.24, 2.45) is 0 Å². The predicted octanol–water partition coefficient (Wildman–Crippen LogP) is 0.0467. The van der Waals surface area contributed by atoms with Gasteiger partial charge >= 0.3 is 5.97 Å². The third-order valence-electron chi connectivity index (χ3n) is 2.27. The van der Waals surface area contributed by atoms with Crippen molar-refractivity contribution in [3.05, 3.63) is 23.9 Å². The minimum atomic E-state index is -3.70. The Morgan fingerprint density at radius 1 is 1.50 bits per heavy atom. The standard InChI is InChI=1S/C10H14N2O5S/c1-12(5-6-17-2)18(15,16)9-4-3-8(7-11-9)10(13)14/h3-4,7H,5-6H2,1-2H3,(H,13,14). The number of ether oxygens (including phenoxy) is 1. The monoisotopic (exact) mass is 274 g/mol. The molecule has 0 amide bonds. The minimum Gasteiger partial charge on any atom is -0.478 e. The van der Waals surface area contributed by atoms with E-state index in [9.17, 15) is 13.2 Å². The third kappa shape index (κ3) is 3.25. The normalized spacial score (nSPS) is 11.7. The molecule has 0 aliphatic heterocycles. The Labute approximate surface area is 105 Å². The van der Waals surface area contributed by atoms with Gasteiger partial charge < -0.3 is 9.84 Å². The van der Waals surface area contributed by atoms with Crippen LogP contribution in [0.5, 0.6) is 0 Å². The van der Waals surface area contributed by atoms with E-state index >= 15 is 0 Å². The van der Waals surface area contributed by atoms with Crippen molar-refractivity contribution < 1.29 is 23.1 Å². The Hall–Kier alpha value is -1.51. The number of hydrogen-bond acceptors (Lipinski definition) is 5. The number of pyridine rings is 1. The van der Waals surface area contributed by atoms with Gasteiger partial charge in [-0.05, 0) is 12.1 Å². The van der Waals surface area contributed by atoms with Crippen molar-refractivity contribution in [1.29, 1.82) is 0 Å². The van der Waals surface area contributed by atoms with E-state index in [-0.39, 0.29) is 23.7 Å². The molecule has 0 unspecified atom stereocenters. The summed E-state index contributed by atoms with van der Waals surface area (Å²) in [5.41, 5.74) is -0.0616. The summed E-state index contributed by atoms with van der Waals surface area (Å²) >= 11 is 0. The number of carbonyl (C=O) groups is 1. The second kappa shape index (κ2) is 5.89. The van der Waals surface area contributed by atoms with E-state index in [1.165, 1.54) is 26.3 Å². The third-order valence-corrected chi connectivity index (χ3v) is 4.04. The number of rotatable bonds is 6. The highest BCUT2D eigenvalue weighted by atomic mass is 32.2. The number of aromatic nitrogens is 1. The van der Waals surface area contributed by atoms with Gasteiger partial charge in [-0.1, -0.05) is 0 Å². The van der Waals surface area contributed by atoms with E-state index in [0.717, 1.165) is 10.5 Å². The molecule has 0 saturated heterocycles. The molecule has 1 heterocycles. The maximum Gasteiger partial charge on any atom is 0.337 e. The molecule has 0 bridgehead atoms. The summed E-state index contributed by atoms with van der Waals surface area (Å²) in [6.07, 6.45) is 1.01. The summed E-state index contributed by atoms with van der Waals surface area (Å²) in [6, 6.07) is 2.37. The highest BCUT2D eigenvalue weighted by Crippen LogP contribution is 2.11. The Morgan fingerprint density at radius 2 is 2.17 bits per heavy atom. The topological polar surface area (TPSA) is 96.8 Å². The number of nitrogens with zero attached hydrogens (tertiary/aromatic N) is 2. The lowest BCUT2D eigenvalue weighted by Crippen LogP contribution is -2.30. The largest absolute Gasteiger partial charge is 0.478 e. The zero-order chi connectivity index (χ0) is 13.8. The molecule has 7 nitrogen and oxygen atoms in total. The lowest BCUT2D eigenvalue weighted by Gasteiger charge is -2.15. The summed E-state index contributed by atoms with van der Waals surface area (Å²) in [6.45, 7) is 0.462.